The Kier molecular flexibility index (Phi) is 37.8. The van der Waals surface area contributed by atoms with Crippen molar-refractivity contribution in [2.45, 2.75) is 193 Å². The van der Waals surface area contributed by atoms with E-state index in [0.717, 1.165) is 55.8 Å². The summed E-state index contributed by atoms with van der Waals surface area (Å²) in [4.78, 5) is 0. The molecule has 0 fully saturated rings. The summed E-state index contributed by atoms with van der Waals surface area (Å²) in [5.41, 5.74) is 0. The highest BCUT2D eigenvalue weighted by Gasteiger charge is 2.23. The molecule has 3 aromatic carbocycles. The van der Waals surface area contributed by atoms with Crippen molar-refractivity contribution in [2.24, 2.45) is 0 Å². The van der Waals surface area contributed by atoms with Gasteiger partial charge in [-0.25, -0.2) is 0 Å². The molecule has 0 bridgehead atoms. The number of rotatable bonds is 48. The van der Waals surface area contributed by atoms with E-state index in [-0.39, 0.29) is 18.3 Å². The third kappa shape index (κ3) is 33.4. The van der Waals surface area contributed by atoms with Gasteiger partial charge in [0.05, 0.1) is 58.0 Å². The van der Waals surface area contributed by atoms with Gasteiger partial charge in [0, 0.05) is 0 Å². The Balaban J connectivity index is 1.69. The van der Waals surface area contributed by atoms with E-state index in [0.29, 0.717) is 59.5 Å². The van der Waals surface area contributed by atoms with Crippen molar-refractivity contribution < 1.29 is 42.0 Å². The normalized spacial score (nSPS) is 13.3. The average molecular weight is 953 g/mol. The minimum atomic E-state index is -1.74. The van der Waals surface area contributed by atoms with Gasteiger partial charge in [0.2, 0.25) is 0 Å². The molecule has 0 N–H and O–H groups in total. The summed E-state index contributed by atoms with van der Waals surface area (Å²) >= 11 is 0. The Bertz CT molecular complexity index is 1280. The molecule has 9 nitrogen and oxygen atoms in total. The van der Waals surface area contributed by atoms with Crippen LogP contribution in [0.15, 0.2) is 91.0 Å². The lowest BCUT2D eigenvalue weighted by atomic mass is 10.1. The number of para-hydroxylation sites is 3. The minimum Gasteiger partial charge on any atom is -0.491 e. The second-order valence-corrected chi connectivity index (χ2v) is 19.0. The van der Waals surface area contributed by atoms with Crippen molar-refractivity contribution in [1.29, 1.82) is 0 Å². The van der Waals surface area contributed by atoms with Crippen LogP contribution in [0.25, 0.3) is 0 Å². The molecular weight excluding hydrogens is 860 g/mol. The molecule has 0 amide bonds. The van der Waals surface area contributed by atoms with E-state index in [1.807, 2.05) is 91.0 Å². The SMILES string of the molecule is CCCCCCCCCC(COP(OCC(CCCCCCCCC)OCCOc1ccccc1)OCC(CCCCCCCCC)OCCOc1ccccc1)OCCOc1ccccc1. The van der Waals surface area contributed by atoms with Gasteiger partial charge in [0.25, 0.3) is 0 Å². The Morgan fingerprint density at radius 1 is 0.313 bits per heavy atom. The molecule has 3 unspecified atom stereocenters. The first-order valence-corrected chi connectivity index (χ1v) is 27.9. The van der Waals surface area contributed by atoms with Crippen LogP contribution in [0.3, 0.4) is 0 Å². The standard InChI is InChI=1S/C57H93O9P/c1-4-7-10-13-16-19-25-40-55(61-46-43-58-52-34-28-22-29-35-52)49-64-67(65-50-56(41-26-20-17-14-11-8-5-2)62-47-44-59-53-36-30-23-31-37-53)66-51-57(42-27-21-18-15-12-9-6-3)63-48-45-60-54-38-32-24-33-39-54/h22-24,28-39,55-57H,4-21,25-27,40-51H2,1-3H3. The Morgan fingerprint density at radius 3 is 0.836 bits per heavy atom. The van der Waals surface area contributed by atoms with Crippen LogP contribution >= 0.6 is 8.60 Å². The Labute approximate surface area is 410 Å². The van der Waals surface area contributed by atoms with Crippen molar-refractivity contribution in [2.75, 3.05) is 59.5 Å². The topological polar surface area (TPSA) is 83.1 Å². The van der Waals surface area contributed by atoms with Gasteiger partial charge >= 0.3 is 8.60 Å². The lowest BCUT2D eigenvalue weighted by molar-refractivity contribution is -0.0296. The van der Waals surface area contributed by atoms with Crippen LogP contribution in [0.4, 0.5) is 0 Å². The van der Waals surface area contributed by atoms with Crippen LogP contribution in [0, 0.1) is 0 Å². The molecule has 0 radical (unpaired) electrons. The Morgan fingerprint density at radius 2 is 0.567 bits per heavy atom. The molecule has 0 aliphatic carbocycles. The van der Waals surface area contributed by atoms with Gasteiger partial charge in [0.1, 0.15) is 37.1 Å². The summed E-state index contributed by atoms with van der Waals surface area (Å²) in [5.74, 6) is 2.53. The van der Waals surface area contributed by atoms with Crippen molar-refractivity contribution >= 4 is 8.60 Å². The molecule has 67 heavy (non-hydrogen) atoms. The maximum atomic E-state index is 6.65. The van der Waals surface area contributed by atoms with Crippen molar-refractivity contribution in [3.05, 3.63) is 91.0 Å². The minimum absolute atomic E-state index is 0.114. The van der Waals surface area contributed by atoms with Gasteiger partial charge in [-0.15, -0.1) is 0 Å². The molecule has 0 aliphatic heterocycles. The van der Waals surface area contributed by atoms with Crippen LogP contribution in [-0.4, -0.2) is 77.8 Å². The summed E-state index contributed by atoms with van der Waals surface area (Å²) < 4.78 is 57.4. The maximum Gasteiger partial charge on any atom is 0.332 e. The van der Waals surface area contributed by atoms with Crippen LogP contribution in [0.1, 0.15) is 175 Å². The molecule has 3 atom stereocenters. The van der Waals surface area contributed by atoms with Crippen LogP contribution in [-0.2, 0) is 27.8 Å². The number of benzene rings is 3. The van der Waals surface area contributed by atoms with Crippen LogP contribution < -0.4 is 14.2 Å². The first-order valence-electron chi connectivity index (χ1n) is 26.8. The van der Waals surface area contributed by atoms with Gasteiger partial charge < -0.3 is 42.0 Å². The molecule has 0 aliphatic rings. The van der Waals surface area contributed by atoms with Crippen molar-refractivity contribution in [3.63, 3.8) is 0 Å². The molecule has 380 valence electrons. The predicted octanol–water partition coefficient (Wildman–Crippen LogP) is 16.1. The first-order chi connectivity index (χ1) is 33.2. The van der Waals surface area contributed by atoms with E-state index >= 15 is 0 Å². The smallest absolute Gasteiger partial charge is 0.332 e. The van der Waals surface area contributed by atoms with Gasteiger partial charge in [-0.2, -0.15) is 0 Å². The van der Waals surface area contributed by atoms with E-state index < -0.39 is 8.60 Å². The maximum absolute atomic E-state index is 6.65. The van der Waals surface area contributed by atoms with Gasteiger partial charge in [0.15, 0.2) is 0 Å². The molecule has 3 aromatic rings. The zero-order valence-corrected chi connectivity index (χ0v) is 43.2. The molecule has 0 heterocycles. The summed E-state index contributed by atoms with van der Waals surface area (Å²) in [7, 11) is -1.74. The van der Waals surface area contributed by atoms with Gasteiger partial charge in [-0.1, -0.05) is 210 Å². The van der Waals surface area contributed by atoms with Crippen LogP contribution in [0.2, 0.25) is 0 Å². The summed E-state index contributed by atoms with van der Waals surface area (Å²) in [5, 5.41) is 0. The summed E-state index contributed by atoms with van der Waals surface area (Å²) in [6, 6.07) is 29.8. The second-order valence-electron chi connectivity index (χ2n) is 17.8. The van der Waals surface area contributed by atoms with E-state index in [9.17, 15) is 0 Å². The van der Waals surface area contributed by atoms with Gasteiger partial charge in [-0.05, 0) is 55.7 Å². The molecule has 10 heteroatoms. The fraction of sp³-hybridized carbons (Fsp3) is 0.684. The zero-order chi connectivity index (χ0) is 47.3. The van der Waals surface area contributed by atoms with Crippen molar-refractivity contribution in [1.82, 2.24) is 0 Å². The highest BCUT2D eigenvalue weighted by molar-refractivity contribution is 7.41. The fourth-order valence-electron chi connectivity index (χ4n) is 7.85. The monoisotopic (exact) mass is 953 g/mol. The first kappa shape index (κ1) is 58.6. The van der Waals surface area contributed by atoms with E-state index in [1.54, 1.807) is 0 Å². The lowest BCUT2D eigenvalue weighted by Gasteiger charge is -2.26. The fourth-order valence-corrected chi connectivity index (χ4v) is 8.94. The molecule has 0 saturated carbocycles. The summed E-state index contributed by atoms with van der Waals surface area (Å²) in [6.45, 7) is 10.7. The zero-order valence-electron chi connectivity index (χ0n) is 42.3. The highest BCUT2D eigenvalue weighted by atomic mass is 31.2. The average Bonchev–Trinajstić information content (AvgIpc) is 3.36. The summed E-state index contributed by atoms with van der Waals surface area (Å²) in [6.07, 6.45) is 28.4. The molecule has 3 rings (SSSR count). The number of hydrogen-bond acceptors (Lipinski definition) is 9. The largest absolute Gasteiger partial charge is 0.491 e. The molecule has 0 aromatic heterocycles. The van der Waals surface area contributed by atoms with Gasteiger partial charge in [-0.3, -0.25) is 0 Å². The number of unbranched alkanes of at least 4 members (excludes halogenated alkanes) is 18. The second kappa shape index (κ2) is 43.3. The molecule has 0 saturated heterocycles. The third-order valence-corrected chi connectivity index (χ3v) is 12.9. The van der Waals surface area contributed by atoms with E-state index in [2.05, 4.69) is 20.8 Å². The third-order valence-electron chi connectivity index (χ3n) is 11.8. The molecular formula is C57H93O9P. The van der Waals surface area contributed by atoms with Crippen molar-refractivity contribution in [3.8, 4) is 17.2 Å². The predicted molar refractivity (Wildman–Crippen MR) is 278 cm³/mol. The highest BCUT2D eigenvalue weighted by Crippen LogP contribution is 2.41. The molecule has 0 spiro atoms. The van der Waals surface area contributed by atoms with Crippen LogP contribution in [0.5, 0.6) is 17.2 Å². The van der Waals surface area contributed by atoms with E-state index in [1.165, 1.54) is 116 Å². The Hall–Kier alpha value is -2.75. The quantitative estimate of drug-likeness (QED) is 0.0406. The van der Waals surface area contributed by atoms with E-state index in [4.69, 9.17) is 42.0 Å². The lowest BCUT2D eigenvalue weighted by Crippen LogP contribution is -2.25. The number of ether oxygens (including phenoxy) is 6. The number of hydrogen-bond donors (Lipinski definition) is 0.